The van der Waals surface area contributed by atoms with Crippen LogP contribution in [-0.2, 0) is 9.53 Å². The van der Waals surface area contributed by atoms with Crippen molar-refractivity contribution in [3.05, 3.63) is 88.2 Å². The van der Waals surface area contributed by atoms with Gasteiger partial charge in [0.25, 0.3) is 0 Å². The molecule has 29 heavy (non-hydrogen) atoms. The van der Waals surface area contributed by atoms with Crippen LogP contribution in [0.1, 0.15) is 23.1 Å². The van der Waals surface area contributed by atoms with Crippen LogP contribution < -0.4 is 0 Å². The van der Waals surface area contributed by atoms with Gasteiger partial charge < -0.3 is 9.84 Å². The molecule has 0 aromatic heterocycles. The fourth-order valence-corrected chi connectivity index (χ4v) is 3.48. The first-order valence-electron chi connectivity index (χ1n) is 9.33. The molecular formula is C23H25Cl2NO3. The number of nitrogens with zero attached hydrogens (tertiary/aromatic N) is 1. The average molecular weight is 434 g/mol. The minimum Gasteiger partial charge on any atom is -0.499 e. The number of carboxylic acid groups (broad SMARTS) is 1. The summed E-state index contributed by atoms with van der Waals surface area (Å²) in [6.07, 6.45) is 4.34. The second-order valence-corrected chi connectivity index (χ2v) is 7.26. The van der Waals surface area contributed by atoms with E-state index < -0.39 is 5.97 Å². The molecule has 4 nitrogen and oxygen atoms in total. The molecule has 154 valence electrons. The molecule has 0 saturated heterocycles. The number of carboxylic acids is 1. The molecule has 0 radical (unpaired) electrons. The minimum absolute atomic E-state index is 0. The zero-order valence-corrected chi connectivity index (χ0v) is 17.9. The maximum Gasteiger partial charge on any atom is 0.332 e. The summed E-state index contributed by atoms with van der Waals surface area (Å²) in [6, 6.07) is 15.9. The highest BCUT2D eigenvalue weighted by Gasteiger charge is 2.17. The van der Waals surface area contributed by atoms with Gasteiger partial charge >= 0.3 is 5.97 Å². The number of carbonyl (C=O) groups is 1. The number of benzene rings is 2. The van der Waals surface area contributed by atoms with Gasteiger partial charge in [-0.25, -0.2) is 4.79 Å². The van der Waals surface area contributed by atoms with Crippen molar-refractivity contribution in [2.75, 3.05) is 26.2 Å². The minimum atomic E-state index is -0.840. The van der Waals surface area contributed by atoms with E-state index >= 15 is 0 Å². The summed E-state index contributed by atoms with van der Waals surface area (Å²) < 4.78 is 5.88. The van der Waals surface area contributed by atoms with Gasteiger partial charge in [-0.2, -0.15) is 0 Å². The van der Waals surface area contributed by atoms with E-state index in [-0.39, 0.29) is 12.4 Å². The van der Waals surface area contributed by atoms with Crippen LogP contribution >= 0.6 is 24.0 Å². The first-order chi connectivity index (χ1) is 13.5. The maximum atomic E-state index is 11.1. The summed E-state index contributed by atoms with van der Waals surface area (Å²) in [5.74, 6) is -0.840. The molecule has 1 aliphatic heterocycles. The lowest BCUT2D eigenvalue weighted by Gasteiger charge is -2.25. The molecule has 0 amide bonds. The van der Waals surface area contributed by atoms with Crippen molar-refractivity contribution < 1.29 is 14.6 Å². The molecule has 1 heterocycles. The molecule has 2 aromatic carbocycles. The van der Waals surface area contributed by atoms with Crippen LogP contribution in [0.5, 0.6) is 0 Å². The number of aryl methyl sites for hydroxylation is 1. The van der Waals surface area contributed by atoms with E-state index in [0.717, 1.165) is 35.2 Å². The Morgan fingerprint density at radius 1 is 1.24 bits per heavy atom. The van der Waals surface area contributed by atoms with E-state index in [2.05, 4.69) is 24.0 Å². The first-order valence-corrected chi connectivity index (χ1v) is 9.71. The topological polar surface area (TPSA) is 49.8 Å². The SMILES string of the molecule is Cc1ccccc1/C(=C\OCCN1CCC=C(C(=O)O)C1)c1cccc(Cl)c1.Cl. The Morgan fingerprint density at radius 2 is 2.03 bits per heavy atom. The van der Waals surface area contributed by atoms with Crippen LogP contribution in [0.25, 0.3) is 5.57 Å². The summed E-state index contributed by atoms with van der Waals surface area (Å²) in [5.41, 5.74) is 4.69. The fraction of sp³-hybridized carbons (Fsp3) is 0.261. The van der Waals surface area contributed by atoms with Gasteiger partial charge in [-0.05, 0) is 42.2 Å². The van der Waals surface area contributed by atoms with Crippen LogP contribution in [0, 0.1) is 6.92 Å². The maximum absolute atomic E-state index is 11.1. The van der Waals surface area contributed by atoms with Gasteiger partial charge in [-0.1, -0.05) is 54.1 Å². The Kier molecular flexibility index (Phi) is 8.77. The Hall–Kier alpha value is -2.27. The zero-order chi connectivity index (χ0) is 19.9. The third kappa shape index (κ3) is 6.36. The van der Waals surface area contributed by atoms with Gasteiger partial charge in [0.15, 0.2) is 0 Å². The van der Waals surface area contributed by atoms with Crippen LogP contribution in [0.15, 0.2) is 66.4 Å². The number of hydrogen-bond acceptors (Lipinski definition) is 3. The van der Waals surface area contributed by atoms with Crippen LogP contribution in [0.2, 0.25) is 5.02 Å². The molecule has 1 aliphatic rings. The summed E-state index contributed by atoms with van der Waals surface area (Å²) in [6.45, 7) is 4.55. The molecule has 0 unspecified atom stereocenters. The lowest BCUT2D eigenvalue weighted by atomic mass is 9.95. The van der Waals surface area contributed by atoms with Crippen molar-refractivity contribution in [1.82, 2.24) is 4.90 Å². The zero-order valence-electron chi connectivity index (χ0n) is 16.3. The summed E-state index contributed by atoms with van der Waals surface area (Å²) >= 11 is 6.19. The summed E-state index contributed by atoms with van der Waals surface area (Å²) in [7, 11) is 0. The number of ether oxygens (including phenoxy) is 1. The van der Waals surface area contributed by atoms with E-state index in [9.17, 15) is 4.79 Å². The van der Waals surface area contributed by atoms with Crippen LogP contribution in [0.3, 0.4) is 0 Å². The van der Waals surface area contributed by atoms with Gasteiger partial charge in [-0.15, -0.1) is 12.4 Å². The molecule has 3 rings (SSSR count). The Labute approximate surface area is 182 Å². The third-order valence-electron chi connectivity index (χ3n) is 4.80. The van der Waals surface area contributed by atoms with Crippen molar-refractivity contribution >= 4 is 35.6 Å². The predicted molar refractivity (Wildman–Crippen MR) is 120 cm³/mol. The number of halogens is 2. The molecule has 6 heteroatoms. The van der Waals surface area contributed by atoms with Gasteiger partial charge in [0.05, 0.1) is 6.26 Å². The molecular weight excluding hydrogens is 409 g/mol. The smallest absolute Gasteiger partial charge is 0.332 e. The predicted octanol–water partition coefficient (Wildman–Crippen LogP) is 5.19. The Morgan fingerprint density at radius 3 is 2.76 bits per heavy atom. The fourth-order valence-electron chi connectivity index (χ4n) is 3.29. The van der Waals surface area contributed by atoms with Crippen LogP contribution in [-0.4, -0.2) is 42.2 Å². The molecule has 2 aromatic rings. The first kappa shape index (κ1) is 23.0. The quantitative estimate of drug-likeness (QED) is 0.481. The van der Waals surface area contributed by atoms with Gasteiger partial charge in [0, 0.05) is 35.8 Å². The lowest BCUT2D eigenvalue weighted by Crippen LogP contribution is -2.34. The second kappa shape index (κ2) is 11.1. The van der Waals surface area contributed by atoms with Crippen molar-refractivity contribution in [3.8, 4) is 0 Å². The molecule has 1 N–H and O–H groups in total. The Balaban J connectivity index is 0.00000300. The summed E-state index contributed by atoms with van der Waals surface area (Å²) in [5, 5.41) is 9.83. The third-order valence-corrected chi connectivity index (χ3v) is 5.04. The number of rotatable bonds is 7. The highest BCUT2D eigenvalue weighted by Crippen LogP contribution is 2.28. The van der Waals surface area contributed by atoms with E-state index in [1.807, 2.05) is 36.4 Å². The van der Waals surface area contributed by atoms with Crippen molar-refractivity contribution in [2.45, 2.75) is 13.3 Å². The molecule has 0 fully saturated rings. The molecule has 0 atom stereocenters. The molecule has 0 saturated carbocycles. The monoisotopic (exact) mass is 433 g/mol. The van der Waals surface area contributed by atoms with Gasteiger partial charge in [0.1, 0.15) is 6.61 Å². The lowest BCUT2D eigenvalue weighted by molar-refractivity contribution is -0.133. The van der Waals surface area contributed by atoms with Crippen LogP contribution in [0.4, 0.5) is 0 Å². The van der Waals surface area contributed by atoms with Gasteiger partial charge in [0.2, 0.25) is 0 Å². The number of hydrogen-bond donors (Lipinski definition) is 1. The Bertz CT molecular complexity index is 909. The molecule has 0 bridgehead atoms. The number of aliphatic carboxylic acids is 1. The summed E-state index contributed by atoms with van der Waals surface area (Å²) in [4.78, 5) is 13.2. The standard InChI is InChI=1S/C23H24ClNO3.ClH/c1-17-6-2-3-10-21(17)22(18-7-4-9-20(24)14-18)16-28-13-12-25-11-5-8-19(15-25)23(26)27;/h2-4,6-10,14,16H,5,11-13,15H2,1H3,(H,26,27);1H/b22-16-;. The van der Waals surface area contributed by atoms with E-state index in [4.69, 9.17) is 21.4 Å². The van der Waals surface area contributed by atoms with Crippen molar-refractivity contribution in [1.29, 1.82) is 0 Å². The molecule has 0 aliphatic carbocycles. The second-order valence-electron chi connectivity index (χ2n) is 6.83. The normalized spacial score (nSPS) is 14.7. The largest absolute Gasteiger partial charge is 0.499 e. The average Bonchev–Trinajstić information content (AvgIpc) is 2.69. The highest BCUT2D eigenvalue weighted by molar-refractivity contribution is 6.30. The van der Waals surface area contributed by atoms with E-state index in [1.165, 1.54) is 0 Å². The van der Waals surface area contributed by atoms with Crippen molar-refractivity contribution in [3.63, 3.8) is 0 Å². The van der Waals surface area contributed by atoms with E-state index in [0.29, 0.717) is 30.3 Å². The van der Waals surface area contributed by atoms with E-state index in [1.54, 1.807) is 12.3 Å². The highest BCUT2D eigenvalue weighted by atomic mass is 35.5. The van der Waals surface area contributed by atoms with Crippen molar-refractivity contribution in [2.24, 2.45) is 0 Å². The molecule has 0 spiro atoms. The van der Waals surface area contributed by atoms with Gasteiger partial charge in [-0.3, -0.25) is 4.90 Å².